The van der Waals surface area contributed by atoms with Gasteiger partial charge in [0.1, 0.15) is 23.4 Å². The lowest BCUT2D eigenvalue weighted by atomic mass is 9.93. The molecule has 0 spiro atoms. The van der Waals surface area contributed by atoms with E-state index in [4.69, 9.17) is 14.2 Å². The average Bonchev–Trinajstić information content (AvgIpc) is 2.99. The molecular formula is C34H32O8. The van der Waals surface area contributed by atoms with Gasteiger partial charge in [0.2, 0.25) is 0 Å². The fourth-order valence-electron chi connectivity index (χ4n) is 4.92. The zero-order valence-electron chi connectivity index (χ0n) is 22.9. The first-order valence-electron chi connectivity index (χ1n) is 13.9. The topological polar surface area (TPSA) is 123 Å². The van der Waals surface area contributed by atoms with E-state index in [1.807, 2.05) is 60.7 Å². The van der Waals surface area contributed by atoms with Crippen molar-refractivity contribution in [2.45, 2.75) is 50.7 Å². The Morgan fingerprint density at radius 2 is 1.43 bits per heavy atom. The number of fused-ring (bicyclic) bond motifs is 1. The second kappa shape index (κ2) is 13.2. The lowest BCUT2D eigenvalue weighted by Crippen LogP contribution is -2.31. The summed E-state index contributed by atoms with van der Waals surface area (Å²) in [5.74, 6) is -0.999. The Morgan fingerprint density at radius 3 is 2.12 bits per heavy atom. The summed E-state index contributed by atoms with van der Waals surface area (Å²) in [6.45, 7) is 0. The van der Waals surface area contributed by atoms with Crippen LogP contribution in [0.2, 0.25) is 0 Å². The normalized spacial score (nSPS) is 15.7. The number of benzene rings is 4. The van der Waals surface area contributed by atoms with Gasteiger partial charge in [0.05, 0.1) is 6.10 Å². The number of aliphatic hydroxyl groups excluding tert-OH is 1. The Hall–Kier alpha value is -4.82. The molecule has 4 aromatic rings. The van der Waals surface area contributed by atoms with Gasteiger partial charge in [-0.3, -0.25) is 9.59 Å². The van der Waals surface area contributed by atoms with Crippen LogP contribution in [0.5, 0.6) is 28.7 Å². The predicted octanol–water partition coefficient (Wildman–Crippen LogP) is 5.60. The van der Waals surface area contributed by atoms with Crippen LogP contribution in [0, 0.1) is 0 Å². The van der Waals surface area contributed by atoms with E-state index in [1.54, 1.807) is 0 Å². The highest BCUT2D eigenvalue weighted by molar-refractivity contribution is 5.75. The Kier molecular flexibility index (Phi) is 9.04. The quantitative estimate of drug-likeness (QED) is 0.128. The van der Waals surface area contributed by atoms with Gasteiger partial charge in [-0.25, -0.2) is 0 Å². The number of ether oxygens (including phenoxy) is 3. The number of phenolic OH excluding ortho intramolecular Hbond substituents is 2. The molecule has 0 radical (unpaired) electrons. The Bertz CT molecular complexity index is 1530. The van der Waals surface area contributed by atoms with Gasteiger partial charge in [0.25, 0.3) is 0 Å². The summed E-state index contributed by atoms with van der Waals surface area (Å²) in [5.41, 5.74) is 3.02. The summed E-state index contributed by atoms with van der Waals surface area (Å²) in [5, 5.41) is 30.6. The molecule has 0 saturated heterocycles. The van der Waals surface area contributed by atoms with Crippen molar-refractivity contribution in [2.24, 2.45) is 0 Å². The first-order valence-corrected chi connectivity index (χ1v) is 13.9. The molecule has 1 aliphatic heterocycles. The molecule has 2 unspecified atom stereocenters. The van der Waals surface area contributed by atoms with Crippen LogP contribution in [0.1, 0.15) is 47.6 Å². The summed E-state index contributed by atoms with van der Waals surface area (Å²) < 4.78 is 17.5. The molecule has 4 aromatic carbocycles. The molecule has 3 N–H and O–H groups in total. The minimum Gasteiger partial charge on any atom is -0.504 e. The molecule has 0 amide bonds. The molecule has 0 aromatic heterocycles. The molecule has 8 heteroatoms. The number of aliphatic hydroxyl groups is 1. The van der Waals surface area contributed by atoms with Crippen LogP contribution in [0.3, 0.4) is 0 Å². The first kappa shape index (κ1) is 28.7. The number of phenols is 2. The van der Waals surface area contributed by atoms with E-state index >= 15 is 0 Å². The number of carbonyl (C=O) groups excluding carboxylic acids is 2. The molecule has 1 aliphatic rings. The van der Waals surface area contributed by atoms with E-state index in [0.717, 1.165) is 17.5 Å². The summed E-state index contributed by atoms with van der Waals surface area (Å²) in [6.07, 6.45) is 0.278. The van der Waals surface area contributed by atoms with Gasteiger partial charge in [-0.05, 0) is 48.1 Å². The largest absolute Gasteiger partial charge is 0.504 e. The molecule has 8 nitrogen and oxygen atoms in total. The first-order chi connectivity index (χ1) is 20.4. The van der Waals surface area contributed by atoms with E-state index < -0.39 is 24.1 Å². The molecular weight excluding hydrogens is 536 g/mol. The summed E-state index contributed by atoms with van der Waals surface area (Å²) in [6, 6.07) is 26.6. The molecule has 0 aliphatic carbocycles. The fourth-order valence-corrected chi connectivity index (χ4v) is 4.92. The third-order valence-electron chi connectivity index (χ3n) is 7.09. The lowest BCUT2D eigenvalue weighted by Gasteiger charge is -2.32. The van der Waals surface area contributed by atoms with Crippen molar-refractivity contribution in [2.75, 3.05) is 0 Å². The van der Waals surface area contributed by atoms with Crippen LogP contribution in [0.4, 0.5) is 0 Å². The Balaban J connectivity index is 1.34. The van der Waals surface area contributed by atoms with Crippen molar-refractivity contribution < 1.29 is 39.1 Å². The second-order valence-corrected chi connectivity index (χ2v) is 10.2. The van der Waals surface area contributed by atoms with Crippen LogP contribution < -0.4 is 14.2 Å². The third-order valence-corrected chi connectivity index (χ3v) is 7.09. The van der Waals surface area contributed by atoms with Gasteiger partial charge in [0.15, 0.2) is 11.5 Å². The number of esters is 2. The summed E-state index contributed by atoms with van der Waals surface area (Å²) in [4.78, 5) is 25.5. The van der Waals surface area contributed by atoms with Crippen molar-refractivity contribution in [3.63, 3.8) is 0 Å². The minimum absolute atomic E-state index is 0.0776. The smallest absolute Gasteiger partial charge is 0.311 e. The summed E-state index contributed by atoms with van der Waals surface area (Å²) >= 11 is 0. The van der Waals surface area contributed by atoms with Gasteiger partial charge >= 0.3 is 11.9 Å². The molecule has 0 bridgehead atoms. The highest BCUT2D eigenvalue weighted by Crippen LogP contribution is 2.43. The summed E-state index contributed by atoms with van der Waals surface area (Å²) in [7, 11) is 0. The van der Waals surface area contributed by atoms with E-state index in [2.05, 4.69) is 0 Å². The van der Waals surface area contributed by atoms with Crippen LogP contribution in [0.15, 0.2) is 91.0 Å². The minimum atomic E-state index is -1.05. The number of hydrogen-bond acceptors (Lipinski definition) is 8. The lowest BCUT2D eigenvalue weighted by molar-refractivity contribution is -0.134. The number of aromatic hydroxyl groups is 2. The van der Waals surface area contributed by atoms with E-state index in [9.17, 15) is 24.9 Å². The van der Waals surface area contributed by atoms with Crippen molar-refractivity contribution >= 4 is 11.9 Å². The molecule has 5 rings (SSSR count). The highest BCUT2D eigenvalue weighted by atomic mass is 16.6. The Morgan fingerprint density at radius 1 is 0.762 bits per heavy atom. The molecule has 42 heavy (non-hydrogen) atoms. The highest BCUT2D eigenvalue weighted by Gasteiger charge is 2.33. The third kappa shape index (κ3) is 7.27. The van der Waals surface area contributed by atoms with E-state index in [1.165, 1.54) is 30.3 Å². The van der Waals surface area contributed by atoms with Crippen LogP contribution in [-0.2, 0) is 28.9 Å². The van der Waals surface area contributed by atoms with Crippen LogP contribution in [-0.4, -0.2) is 33.4 Å². The van der Waals surface area contributed by atoms with Gasteiger partial charge in [-0.1, -0.05) is 66.7 Å². The number of rotatable bonds is 10. The van der Waals surface area contributed by atoms with Crippen LogP contribution >= 0.6 is 0 Å². The zero-order chi connectivity index (χ0) is 29.5. The SMILES string of the molecule is O=C(CCCc1ccccc1)Oc1cc(OC(=O)CCc2ccccc2)c2c(c1)OC(c1ccc(O)c(O)c1)C(O)C2. The molecule has 0 fully saturated rings. The monoisotopic (exact) mass is 568 g/mol. The maximum Gasteiger partial charge on any atom is 0.311 e. The fraction of sp³-hybridized carbons (Fsp3) is 0.235. The molecule has 0 saturated carbocycles. The van der Waals surface area contributed by atoms with Crippen LogP contribution in [0.25, 0.3) is 0 Å². The standard InChI is InChI=1S/C34H32O8/c35-27-16-15-24(18-28(27)36)34-29(37)21-26-30(41-33(39)17-14-23-10-5-2-6-11-23)19-25(20-31(26)42-34)40-32(38)13-7-12-22-8-3-1-4-9-22/h1-6,8-11,15-16,18-20,29,34-37H,7,12-14,17,21H2. The van der Waals surface area contributed by atoms with Crippen molar-refractivity contribution in [1.29, 1.82) is 0 Å². The van der Waals surface area contributed by atoms with Crippen molar-refractivity contribution in [3.8, 4) is 28.7 Å². The Labute approximate surface area is 243 Å². The zero-order valence-corrected chi connectivity index (χ0v) is 22.9. The van der Waals surface area contributed by atoms with E-state index in [-0.39, 0.29) is 48.0 Å². The number of carbonyl (C=O) groups is 2. The van der Waals surface area contributed by atoms with Crippen molar-refractivity contribution in [1.82, 2.24) is 0 Å². The number of hydrogen-bond donors (Lipinski definition) is 3. The van der Waals surface area contributed by atoms with Gasteiger partial charge in [-0.15, -0.1) is 0 Å². The van der Waals surface area contributed by atoms with Gasteiger partial charge in [-0.2, -0.15) is 0 Å². The molecule has 2 atom stereocenters. The maximum atomic E-state index is 12.8. The second-order valence-electron chi connectivity index (χ2n) is 10.2. The predicted molar refractivity (Wildman–Crippen MR) is 155 cm³/mol. The average molecular weight is 569 g/mol. The molecule has 1 heterocycles. The molecule has 216 valence electrons. The maximum absolute atomic E-state index is 12.8. The van der Waals surface area contributed by atoms with E-state index in [0.29, 0.717) is 24.0 Å². The van der Waals surface area contributed by atoms with Gasteiger partial charge in [0, 0.05) is 37.0 Å². The van der Waals surface area contributed by atoms with Crippen molar-refractivity contribution in [3.05, 3.63) is 113 Å². The number of aryl methyl sites for hydroxylation is 2. The van der Waals surface area contributed by atoms with Gasteiger partial charge < -0.3 is 29.5 Å².